The molecule has 6 nitrogen and oxygen atoms in total. The molecule has 150 valence electrons. The molecule has 8 heteroatoms. The average Bonchev–Trinajstić information content (AvgIpc) is 2.75. The van der Waals surface area contributed by atoms with E-state index < -0.39 is 5.97 Å². The smallest absolute Gasteiger partial charge is 0.341 e. The summed E-state index contributed by atoms with van der Waals surface area (Å²) in [6, 6.07) is 7.26. The summed E-state index contributed by atoms with van der Waals surface area (Å²) in [5.41, 5.74) is 3.15. The number of rotatable bonds is 4. The van der Waals surface area contributed by atoms with Crippen LogP contribution in [0, 0.1) is 0 Å². The first-order chi connectivity index (χ1) is 14.1. The van der Waals surface area contributed by atoms with E-state index in [-0.39, 0.29) is 0 Å². The fourth-order valence-corrected chi connectivity index (χ4v) is 3.87. The van der Waals surface area contributed by atoms with Gasteiger partial charge in [0.05, 0.1) is 46.8 Å². The number of hydrogen-bond acceptors (Lipinski definition) is 6. The number of aromatic nitrogens is 2. The van der Waals surface area contributed by atoms with Gasteiger partial charge in [-0.3, -0.25) is 9.97 Å². The number of nitrogens with zero attached hydrogens (tertiary/aromatic N) is 3. The summed E-state index contributed by atoms with van der Waals surface area (Å²) in [6.45, 7) is 4.58. The van der Waals surface area contributed by atoms with E-state index in [0.29, 0.717) is 65.3 Å². The van der Waals surface area contributed by atoms with Crippen LogP contribution in [0.4, 0.5) is 5.69 Å². The van der Waals surface area contributed by atoms with E-state index in [2.05, 4.69) is 14.9 Å². The predicted octanol–water partition coefficient (Wildman–Crippen LogP) is 4.62. The van der Waals surface area contributed by atoms with Crippen LogP contribution >= 0.6 is 23.2 Å². The van der Waals surface area contributed by atoms with Crippen LogP contribution in [0.3, 0.4) is 0 Å². The standard InChI is InChI=1S/C21H19Cl2N3O3/c1-2-29-21(27)15-12-25-19-14(20(15)26-8-10-28-11-9-26)6-7-24-18(19)13-4-3-5-16(22)17(13)23/h3-7,12H,2,8-11H2,1H3. The fourth-order valence-electron chi connectivity index (χ4n) is 3.48. The summed E-state index contributed by atoms with van der Waals surface area (Å²) in [5, 5.41) is 1.66. The van der Waals surface area contributed by atoms with Crippen LogP contribution in [0.1, 0.15) is 17.3 Å². The van der Waals surface area contributed by atoms with E-state index >= 15 is 0 Å². The van der Waals surface area contributed by atoms with Gasteiger partial charge < -0.3 is 14.4 Å². The predicted molar refractivity (Wildman–Crippen MR) is 114 cm³/mol. The fraction of sp³-hybridized carbons (Fsp3) is 0.286. The lowest BCUT2D eigenvalue weighted by molar-refractivity contribution is 0.0526. The van der Waals surface area contributed by atoms with Gasteiger partial charge in [0.25, 0.3) is 0 Å². The monoisotopic (exact) mass is 431 g/mol. The summed E-state index contributed by atoms with van der Waals surface area (Å²) in [7, 11) is 0. The number of halogens is 2. The van der Waals surface area contributed by atoms with Crippen LogP contribution < -0.4 is 4.90 Å². The maximum atomic E-state index is 12.6. The molecule has 0 aliphatic carbocycles. The number of fused-ring (bicyclic) bond motifs is 1. The minimum Gasteiger partial charge on any atom is -0.462 e. The average molecular weight is 432 g/mol. The topological polar surface area (TPSA) is 64.5 Å². The molecule has 1 fully saturated rings. The van der Waals surface area contributed by atoms with Crippen molar-refractivity contribution in [1.29, 1.82) is 0 Å². The Hall–Kier alpha value is -2.41. The van der Waals surface area contributed by atoms with E-state index in [1.54, 1.807) is 25.4 Å². The molecule has 0 radical (unpaired) electrons. The summed E-state index contributed by atoms with van der Waals surface area (Å²) < 4.78 is 10.8. The van der Waals surface area contributed by atoms with Crippen molar-refractivity contribution < 1.29 is 14.3 Å². The van der Waals surface area contributed by atoms with E-state index in [0.717, 1.165) is 11.1 Å². The maximum Gasteiger partial charge on any atom is 0.341 e. The van der Waals surface area contributed by atoms with Crippen molar-refractivity contribution in [2.75, 3.05) is 37.8 Å². The van der Waals surface area contributed by atoms with Crippen LogP contribution in [0.25, 0.3) is 22.2 Å². The lowest BCUT2D eigenvalue weighted by Gasteiger charge is -2.31. The molecule has 0 N–H and O–H groups in total. The SMILES string of the molecule is CCOC(=O)c1cnc2c(-c3cccc(Cl)c3Cl)nccc2c1N1CCOCC1. The van der Waals surface area contributed by atoms with Crippen LogP contribution in [0.2, 0.25) is 10.0 Å². The van der Waals surface area contributed by atoms with Crippen LogP contribution in [0.5, 0.6) is 0 Å². The highest BCUT2D eigenvalue weighted by atomic mass is 35.5. The van der Waals surface area contributed by atoms with Crippen LogP contribution in [-0.4, -0.2) is 48.8 Å². The van der Waals surface area contributed by atoms with E-state index in [1.807, 2.05) is 18.2 Å². The summed E-state index contributed by atoms with van der Waals surface area (Å²) in [5.74, 6) is -0.400. The Morgan fingerprint density at radius 2 is 2.00 bits per heavy atom. The third-order valence-corrected chi connectivity index (χ3v) is 5.61. The zero-order valence-corrected chi connectivity index (χ0v) is 17.3. The number of pyridine rings is 2. The molecule has 2 aromatic heterocycles. The Labute approximate surface area is 178 Å². The molecule has 0 amide bonds. The molecule has 1 aliphatic heterocycles. The first kappa shape index (κ1) is 19.9. The molecule has 0 atom stereocenters. The van der Waals surface area contributed by atoms with Gasteiger partial charge in [-0.15, -0.1) is 0 Å². The Morgan fingerprint density at radius 1 is 1.21 bits per heavy atom. The zero-order valence-electron chi connectivity index (χ0n) is 15.8. The molecule has 0 unspecified atom stereocenters. The minimum atomic E-state index is -0.400. The first-order valence-electron chi connectivity index (χ1n) is 9.33. The van der Waals surface area contributed by atoms with Gasteiger partial charge in [0.1, 0.15) is 5.56 Å². The van der Waals surface area contributed by atoms with Gasteiger partial charge in [-0.25, -0.2) is 4.79 Å². The maximum absolute atomic E-state index is 12.6. The van der Waals surface area contributed by atoms with Crippen molar-refractivity contribution >= 4 is 45.8 Å². The van der Waals surface area contributed by atoms with Crippen molar-refractivity contribution in [3.05, 3.63) is 52.3 Å². The number of morpholine rings is 1. The second-order valence-corrected chi connectivity index (χ2v) is 7.28. The Kier molecular flexibility index (Phi) is 5.85. The van der Waals surface area contributed by atoms with Gasteiger partial charge in [-0.05, 0) is 19.1 Å². The van der Waals surface area contributed by atoms with Crippen molar-refractivity contribution in [3.63, 3.8) is 0 Å². The number of carbonyl (C=O) groups excluding carboxylic acids is 1. The van der Waals surface area contributed by atoms with E-state index in [9.17, 15) is 4.79 Å². The highest BCUT2D eigenvalue weighted by molar-refractivity contribution is 6.43. The Balaban J connectivity index is 1.96. The van der Waals surface area contributed by atoms with Gasteiger partial charge in [0, 0.05) is 36.4 Å². The number of anilines is 1. The first-order valence-corrected chi connectivity index (χ1v) is 10.1. The zero-order chi connectivity index (χ0) is 20.4. The molecule has 29 heavy (non-hydrogen) atoms. The molecule has 0 saturated carbocycles. The number of esters is 1. The van der Waals surface area contributed by atoms with Gasteiger partial charge in [-0.2, -0.15) is 0 Å². The lowest BCUT2D eigenvalue weighted by Crippen LogP contribution is -2.37. The highest BCUT2D eigenvalue weighted by Gasteiger charge is 2.25. The molecule has 1 aromatic carbocycles. The number of ether oxygens (including phenoxy) is 2. The molecule has 0 spiro atoms. The number of hydrogen-bond donors (Lipinski definition) is 0. The summed E-state index contributed by atoms with van der Waals surface area (Å²) in [6.07, 6.45) is 3.24. The van der Waals surface area contributed by atoms with Crippen molar-refractivity contribution in [1.82, 2.24) is 9.97 Å². The molecule has 3 heterocycles. The molecule has 1 aliphatic rings. The lowest BCUT2D eigenvalue weighted by atomic mass is 10.0. The van der Waals surface area contributed by atoms with Crippen molar-refractivity contribution in [3.8, 4) is 11.3 Å². The molecule has 0 bridgehead atoms. The van der Waals surface area contributed by atoms with Gasteiger partial charge in [-0.1, -0.05) is 35.3 Å². The van der Waals surface area contributed by atoms with Gasteiger partial charge >= 0.3 is 5.97 Å². The van der Waals surface area contributed by atoms with Crippen LogP contribution in [-0.2, 0) is 9.47 Å². The van der Waals surface area contributed by atoms with E-state index in [4.69, 9.17) is 32.7 Å². The third-order valence-electron chi connectivity index (χ3n) is 4.79. The number of benzene rings is 1. The normalized spacial score (nSPS) is 14.2. The molecule has 4 rings (SSSR count). The highest BCUT2D eigenvalue weighted by Crippen LogP contribution is 2.38. The summed E-state index contributed by atoms with van der Waals surface area (Å²) in [4.78, 5) is 23.8. The minimum absolute atomic E-state index is 0.291. The quantitative estimate of drug-likeness (QED) is 0.561. The Bertz CT molecular complexity index is 1070. The molecular weight excluding hydrogens is 413 g/mol. The second kappa shape index (κ2) is 8.53. The van der Waals surface area contributed by atoms with Gasteiger partial charge in [0.2, 0.25) is 0 Å². The molecular formula is C21H19Cl2N3O3. The Morgan fingerprint density at radius 3 is 2.76 bits per heavy atom. The summed E-state index contributed by atoms with van der Waals surface area (Å²) >= 11 is 12.6. The number of carbonyl (C=O) groups is 1. The van der Waals surface area contributed by atoms with Crippen molar-refractivity contribution in [2.24, 2.45) is 0 Å². The largest absolute Gasteiger partial charge is 0.462 e. The second-order valence-electron chi connectivity index (χ2n) is 6.50. The van der Waals surface area contributed by atoms with Gasteiger partial charge in [0.15, 0.2) is 0 Å². The van der Waals surface area contributed by atoms with Crippen molar-refractivity contribution in [2.45, 2.75) is 6.92 Å². The molecule has 3 aromatic rings. The third kappa shape index (κ3) is 3.75. The van der Waals surface area contributed by atoms with E-state index in [1.165, 1.54) is 0 Å². The molecule has 1 saturated heterocycles. The van der Waals surface area contributed by atoms with Crippen LogP contribution in [0.15, 0.2) is 36.7 Å².